The van der Waals surface area contributed by atoms with Crippen LogP contribution in [-0.4, -0.2) is 6.41 Å². The number of nitrogens with one attached hydrogen (secondary N) is 1. The number of rotatable bonds is 5. The summed E-state index contributed by atoms with van der Waals surface area (Å²) in [5.74, 6) is 0. The van der Waals surface area contributed by atoms with Crippen LogP contribution in [0.3, 0.4) is 0 Å². The van der Waals surface area contributed by atoms with Gasteiger partial charge in [0, 0.05) is 4.90 Å². The maximum absolute atomic E-state index is 10.7. The van der Waals surface area contributed by atoms with Crippen LogP contribution >= 0.6 is 11.8 Å². The number of aryl methyl sites for hydroxylation is 1. The van der Waals surface area contributed by atoms with Gasteiger partial charge in [0.25, 0.3) is 0 Å². The van der Waals surface area contributed by atoms with Crippen molar-refractivity contribution in [3.8, 4) is 0 Å². The third kappa shape index (κ3) is 3.37. The normalized spacial score (nSPS) is 11.8. The number of benzene rings is 2. The second-order valence-electron chi connectivity index (χ2n) is 4.01. The number of carbonyl (C=O) groups is 1. The van der Waals surface area contributed by atoms with E-state index in [-0.39, 0.29) is 5.37 Å². The summed E-state index contributed by atoms with van der Waals surface area (Å²) in [4.78, 5) is 11.9. The topological polar surface area (TPSA) is 29.1 Å². The van der Waals surface area contributed by atoms with E-state index in [0.29, 0.717) is 0 Å². The fourth-order valence-electron chi connectivity index (χ4n) is 1.71. The van der Waals surface area contributed by atoms with E-state index in [1.807, 2.05) is 36.4 Å². The third-order valence-corrected chi connectivity index (χ3v) is 3.74. The summed E-state index contributed by atoms with van der Waals surface area (Å²) < 4.78 is 0. The van der Waals surface area contributed by atoms with Crippen molar-refractivity contribution in [2.24, 2.45) is 0 Å². The molecule has 2 nitrogen and oxygen atoms in total. The van der Waals surface area contributed by atoms with Gasteiger partial charge in [-0.15, -0.1) is 0 Å². The van der Waals surface area contributed by atoms with E-state index < -0.39 is 0 Å². The molecule has 2 rings (SSSR count). The maximum atomic E-state index is 10.7. The monoisotopic (exact) mass is 257 g/mol. The molecular weight excluding hydrogens is 242 g/mol. The van der Waals surface area contributed by atoms with Gasteiger partial charge in [-0.05, 0) is 24.6 Å². The standard InChI is InChI=1S/C15H15NOS/c1-12-6-5-9-14(10-12)18-15(16-11-17)13-7-3-2-4-8-13/h2-11,15H,1H3,(H,16,17). The summed E-state index contributed by atoms with van der Waals surface area (Å²) in [5, 5.41) is 2.80. The molecule has 0 aliphatic carbocycles. The van der Waals surface area contributed by atoms with E-state index in [0.717, 1.165) is 16.9 Å². The minimum Gasteiger partial charge on any atom is -0.342 e. The summed E-state index contributed by atoms with van der Waals surface area (Å²) in [6, 6.07) is 18.2. The molecule has 1 atom stereocenters. The van der Waals surface area contributed by atoms with Crippen LogP contribution in [0.4, 0.5) is 0 Å². The van der Waals surface area contributed by atoms with Crippen molar-refractivity contribution < 1.29 is 4.79 Å². The highest BCUT2D eigenvalue weighted by atomic mass is 32.2. The van der Waals surface area contributed by atoms with E-state index in [1.54, 1.807) is 11.8 Å². The Morgan fingerprint density at radius 2 is 1.89 bits per heavy atom. The lowest BCUT2D eigenvalue weighted by Gasteiger charge is -2.16. The second-order valence-corrected chi connectivity index (χ2v) is 5.19. The first-order valence-electron chi connectivity index (χ1n) is 5.77. The first-order valence-corrected chi connectivity index (χ1v) is 6.65. The Hall–Kier alpha value is -1.74. The lowest BCUT2D eigenvalue weighted by atomic mass is 10.2. The molecule has 0 aliphatic heterocycles. The average molecular weight is 257 g/mol. The molecule has 1 amide bonds. The van der Waals surface area contributed by atoms with Gasteiger partial charge in [0.1, 0.15) is 5.37 Å². The molecule has 0 saturated heterocycles. The highest BCUT2D eigenvalue weighted by Crippen LogP contribution is 2.32. The van der Waals surface area contributed by atoms with Gasteiger partial charge < -0.3 is 5.32 Å². The minimum atomic E-state index is -0.0505. The number of amides is 1. The molecule has 1 unspecified atom stereocenters. The molecule has 2 aromatic rings. The SMILES string of the molecule is Cc1cccc(SC(NC=O)c2ccccc2)c1. The van der Waals surface area contributed by atoms with E-state index in [9.17, 15) is 4.79 Å². The van der Waals surface area contributed by atoms with Crippen LogP contribution in [-0.2, 0) is 4.79 Å². The van der Waals surface area contributed by atoms with Crippen LogP contribution in [0.2, 0.25) is 0 Å². The maximum Gasteiger partial charge on any atom is 0.208 e. The Morgan fingerprint density at radius 1 is 1.11 bits per heavy atom. The Kier molecular flexibility index (Phi) is 4.42. The Labute approximate surface area is 111 Å². The molecule has 0 saturated carbocycles. The van der Waals surface area contributed by atoms with Crippen molar-refractivity contribution in [2.75, 3.05) is 0 Å². The first-order chi connectivity index (χ1) is 8.79. The predicted molar refractivity (Wildman–Crippen MR) is 75.4 cm³/mol. The Bertz CT molecular complexity index is 513. The number of carbonyl (C=O) groups excluding carboxylic acids is 1. The third-order valence-electron chi connectivity index (χ3n) is 2.57. The smallest absolute Gasteiger partial charge is 0.208 e. The van der Waals surface area contributed by atoms with Gasteiger partial charge in [-0.25, -0.2) is 0 Å². The van der Waals surface area contributed by atoms with Crippen LogP contribution in [0.15, 0.2) is 59.5 Å². The van der Waals surface area contributed by atoms with Crippen molar-refractivity contribution in [3.05, 3.63) is 65.7 Å². The van der Waals surface area contributed by atoms with Crippen molar-refractivity contribution in [3.63, 3.8) is 0 Å². The fraction of sp³-hybridized carbons (Fsp3) is 0.133. The van der Waals surface area contributed by atoms with Crippen LogP contribution in [0, 0.1) is 6.92 Å². The molecule has 18 heavy (non-hydrogen) atoms. The highest BCUT2D eigenvalue weighted by molar-refractivity contribution is 7.99. The van der Waals surface area contributed by atoms with Crippen LogP contribution in [0.1, 0.15) is 16.5 Å². The van der Waals surface area contributed by atoms with Gasteiger partial charge >= 0.3 is 0 Å². The Morgan fingerprint density at radius 3 is 2.56 bits per heavy atom. The van der Waals surface area contributed by atoms with Gasteiger partial charge in [-0.2, -0.15) is 0 Å². The van der Waals surface area contributed by atoms with Gasteiger partial charge in [-0.3, -0.25) is 4.79 Å². The quantitative estimate of drug-likeness (QED) is 0.504. The molecule has 0 heterocycles. The molecular formula is C15H15NOS. The van der Waals surface area contributed by atoms with Crippen molar-refractivity contribution >= 4 is 18.2 Å². The predicted octanol–water partition coefficient (Wildman–Crippen LogP) is 3.53. The largest absolute Gasteiger partial charge is 0.342 e. The highest BCUT2D eigenvalue weighted by Gasteiger charge is 2.11. The van der Waals surface area contributed by atoms with Crippen molar-refractivity contribution in [1.29, 1.82) is 0 Å². The second kappa shape index (κ2) is 6.26. The molecule has 3 heteroatoms. The van der Waals surface area contributed by atoms with Gasteiger partial charge in [0.2, 0.25) is 6.41 Å². The van der Waals surface area contributed by atoms with E-state index in [4.69, 9.17) is 0 Å². The molecule has 1 N–H and O–H groups in total. The summed E-state index contributed by atoms with van der Waals surface area (Å²) in [5.41, 5.74) is 2.31. The average Bonchev–Trinajstić information content (AvgIpc) is 2.39. The summed E-state index contributed by atoms with van der Waals surface area (Å²) in [7, 11) is 0. The minimum absolute atomic E-state index is 0.0505. The Balaban J connectivity index is 2.19. The number of hydrogen-bond donors (Lipinski definition) is 1. The van der Waals surface area contributed by atoms with Crippen molar-refractivity contribution in [2.45, 2.75) is 17.2 Å². The van der Waals surface area contributed by atoms with Crippen LogP contribution in [0.25, 0.3) is 0 Å². The molecule has 0 fully saturated rings. The molecule has 0 spiro atoms. The van der Waals surface area contributed by atoms with Gasteiger partial charge in [0.05, 0.1) is 0 Å². The first kappa shape index (κ1) is 12.7. The molecule has 0 aliphatic rings. The zero-order chi connectivity index (χ0) is 12.8. The van der Waals surface area contributed by atoms with E-state index in [2.05, 4.69) is 30.4 Å². The molecule has 92 valence electrons. The van der Waals surface area contributed by atoms with E-state index >= 15 is 0 Å². The van der Waals surface area contributed by atoms with Crippen LogP contribution in [0.5, 0.6) is 0 Å². The summed E-state index contributed by atoms with van der Waals surface area (Å²) in [6.45, 7) is 2.06. The van der Waals surface area contributed by atoms with Gasteiger partial charge in [0.15, 0.2) is 0 Å². The van der Waals surface area contributed by atoms with Gasteiger partial charge in [-0.1, -0.05) is 59.8 Å². The lowest BCUT2D eigenvalue weighted by molar-refractivity contribution is -0.109. The molecule has 0 radical (unpaired) electrons. The fourth-order valence-corrected chi connectivity index (χ4v) is 2.81. The zero-order valence-corrected chi connectivity index (χ0v) is 11.0. The zero-order valence-electron chi connectivity index (χ0n) is 10.2. The summed E-state index contributed by atoms with van der Waals surface area (Å²) in [6.07, 6.45) is 0.750. The summed E-state index contributed by atoms with van der Waals surface area (Å²) >= 11 is 1.64. The van der Waals surface area contributed by atoms with E-state index in [1.165, 1.54) is 5.56 Å². The van der Waals surface area contributed by atoms with Crippen molar-refractivity contribution in [1.82, 2.24) is 5.32 Å². The molecule has 2 aromatic carbocycles. The number of thioether (sulfide) groups is 1. The molecule has 0 aromatic heterocycles. The van der Waals surface area contributed by atoms with Crippen LogP contribution < -0.4 is 5.32 Å². The molecule has 0 bridgehead atoms. The number of hydrogen-bond acceptors (Lipinski definition) is 2. The lowest BCUT2D eigenvalue weighted by Crippen LogP contribution is -2.16.